The van der Waals surface area contributed by atoms with Crippen LogP contribution in [0.1, 0.15) is 37.7 Å². The largest absolute Gasteiger partial charge is 0.396 e. The molecular weight excluding hydrogens is 245 g/mol. The number of carbonyl (C=O) groups excluding carboxylic acids is 1. The molecule has 1 aliphatic carbocycles. The second kappa shape index (κ2) is 6.15. The number of amides is 1. The molecule has 0 saturated heterocycles. The van der Waals surface area contributed by atoms with E-state index in [9.17, 15) is 9.18 Å². The van der Waals surface area contributed by atoms with Gasteiger partial charge in [0.05, 0.1) is 5.41 Å². The van der Waals surface area contributed by atoms with Crippen molar-refractivity contribution in [2.45, 2.75) is 37.5 Å². The van der Waals surface area contributed by atoms with E-state index in [0.717, 1.165) is 12.8 Å². The summed E-state index contributed by atoms with van der Waals surface area (Å²) in [5, 5.41) is 11.6. The first-order valence-electron chi connectivity index (χ1n) is 6.85. The summed E-state index contributed by atoms with van der Waals surface area (Å²) in [5.74, 6) is -0.412. The van der Waals surface area contributed by atoms with Gasteiger partial charge >= 0.3 is 0 Å². The minimum Gasteiger partial charge on any atom is -0.396 e. The SMILES string of the molecule is O=C(NCCCO)C1(c2ccccc2F)CCCC1. The molecule has 104 valence electrons. The first-order valence-corrected chi connectivity index (χ1v) is 6.85. The Balaban J connectivity index is 2.23. The van der Waals surface area contributed by atoms with E-state index in [1.807, 2.05) is 0 Å². The van der Waals surface area contributed by atoms with Crippen LogP contribution >= 0.6 is 0 Å². The van der Waals surface area contributed by atoms with E-state index in [2.05, 4.69) is 5.32 Å². The molecule has 0 aromatic heterocycles. The Kier molecular flexibility index (Phi) is 4.53. The molecule has 0 heterocycles. The van der Waals surface area contributed by atoms with Crippen molar-refractivity contribution in [2.24, 2.45) is 0 Å². The molecule has 1 aromatic carbocycles. The quantitative estimate of drug-likeness (QED) is 0.801. The van der Waals surface area contributed by atoms with Crippen LogP contribution < -0.4 is 5.32 Å². The highest BCUT2D eigenvalue weighted by Gasteiger charge is 2.43. The monoisotopic (exact) mass is 265 g/mol. The van der Waals surface area contributed by atoms with Crippen LogP contribution in [0.25, 0.3) is 0 Å². The Hall–Kier alpha value is -1.42. The lowest BCUT2D eigenvalue weighted by Gasteiger charge is -2.28. The maximum absolute atomic E-state index is 14.0. The number of halogens is 1. The van der Waals surface area contributed by atoms with Gasteiger partial charge in [-0.15, -0.1) is 0 Å². The van der Waals surface area contributed by atoms with Crippen LogP contribution in [0.3, 0.4) is 0 Å². The van der Waals surface area contributed by atoms with E-state index in [1.165, 1.54) is 6.07 Å². The molecule has 1 aromatic rings. The normalized spacial score (nSPS) is 17.4. The highest BCUT2D eigenvalue weighted by atomic mass is 19.1. The van der Waals surface area contributed by atoms with E-state index in [-0.39, 0.29) is 18.3 Å². The van der Waals surface area contributed by atoms with E-state index in [1.54, 1.807) is 18.2 Å². The molecule has 2 N–H and O–H groups in total. The van der Waals surface area contributed by atoms with E-state index in [0.29, 0.717) is 31.4 Å². The maximum Gasteiger partial charge on any atom is 0.230 e. The zero-order chi connectivity index (χ0) is 13.7. The van der Waals surface area contributed by atoms with Gasteiger partial charge in [-0.3, -0.25) is 4.79 Å². The number of carbonyl (C=O) groups is 1. The van der Waals surface area contributed by atoms with Crippen LogP contribution in [0.5, 0.6) is 0 Å². The number of aliphatic hydroxyl groups is 1. The number of hydrogen-bond donors (Lipinski definition) is 2. The minimum absolute atomic E-state index is 0.0486. The van der Waals surface area contributed by atoms with Crippen LogP contribution in [0.2, 0.25) is 0 Å². The third-order valence-corrected chi connectivity index (χ3v) is 3.90. The van der Waals surface area contributed by atoms with E-state index >= 15 is 0 Å². The van der Waals surface area contributed by atoms with Gasteiger partial charge in [0, 0.05) is 18.7 Å². The Morgan fingerprint density at radius 1 is 1.32 bits per heavy atom. The fraction of sp³-hybridized carbons (Fsp3) is 0.533. The molecule has 0 atom stereocenters. The van der Waals surface area contributed by atoms with E-state index < -0.39 is 5.41 Å². The van der Waals surface area contributed by atoms with Crippen molar-refractivity contribution in [1.82, 2.24) is 5.32 Å². The summed E-state index contributed by atoms with van der Waals surface area (Å²) in [6, 6.07) is 6.55. The average molecular weight is 265 g/mol. The molecule has 4 heteroatoms. The van der Waals surface area contributed by atoms with Gasteiger partial charge in [-0.1, -0.05) is 31.0 Å². The standard InChI is InChI=1S/C15H20FNO2/c16-13-7-2-1-6-12(13)15(8-3-4-9-15)14(19)17-10-5-11-18/h1-2,6-7,18H,3-5,8-11H2,(H,17,19). The number of benzene rings is 1. The van der Waals surface area contributed by atoms with Gasteiger partial charge < -0.3 is 10.4 Å². The molecule has 19 heavy (non-hydrogen) atoms. The summed E-state index contributed by atoms with van der Waals surface area (Å²) >= 11 is 0. The van der Waals surface area contributed by atoms with Crippen LogP contribution in [-0.4, -0.2) is 24.2 Å². The van der Waals surface area contributed by atoms with Gasteiger partial charge in [-0.2, -0.15) is 0 Å². The number of hydrogen-bond acceptors (Lipinski definition) is 2. The first-order chi connectivity index (χ1) is 9.20. The lowest BCUT2D eigenvalue weighted by Crippen LogP contribution is -2.43. The second-order valence-electron chi connectivity index (χ2n) is 5.10. The van der Waals surface area contributed by atoms with Crippen molar-refractivity contribution < 1.29 is 14.3 Å². The summed E-state index contributed by atoms with van der Waals surface area (Å²) < 4.78 is 14.0. The van der Waals surface area contributed by atoms with Gasteiger partial charge in [-0.25, -0.2) is 4.39 Å². The lowest BCUT2D eigenvalue weighted by molar-refractivity contribution is -0.126. The van der Waals surface area contributed by atoms with Crippen molar-refractivity contribution in [3.8, 4) is 0 Å². The molecule has 1 amide bonds. The summed E-state index contributed by atoms with van der Waals surface area (Å²) in [6.45, 7) is 0.485. The number of nitrogens with one attached hydrogen (secondary N) is 1. The highest BCUT2D eigenvalue weighted by molar-refractivity contribution is 5.88. The average Bonchev–Trinajstić information content (AvgIpc) is 2.90. The first kappa shape index (κ1) is 14.0. The molecule has 3 nitrogen and oxygen atoms in total. The molecule has 1 saturated carbocycles. The third-order valence-electron chi connectivity index (χ3n) is 3.90. The second-order valence-corrected chi connectivity index (χ2v) is 5.10. The van der Waals surface area contributed by atoms with Crippen molar-refractivity contribution >= 4 is 5.91 Å². The molecule has 1 aliphatic rings. The smallest absolute Gasteiger partial charge is 0.230 e. The van der Waals surface area contributed by atoms with Gasteiger partial charge in [-0.05, 0) is 25.3 Å². The molecule has 0 aliphatic heterocycles. The fourth-order valence-corrected chi connectivity index (χ4v) is 2.90. The summed E-state index contributed by atoms with van der Waals surface area (Å²) in [7, 11) is 0. The topological polar surface area (TPSA) is 49.3 Å². The molecule has 0 radical (unpaired) electrons. The van der Waals surface area contributed by atoms with Crippen LogP contribution in [0.4, 0.5) is 4.39 Å². The summed E-state index contributed by atoms with van der Waals surface area (Å²) in [5.41, 5.74) is -0.213. The lowest BCUT2D eigenvalue weighted by atomic mass is 9.77. The molecule has 0 bridgehead atoms. The van der Waals surface area contributed by atoms with Gasteiger partial charge in [0.25, 0.3) is 0 Å². The molecule has 1 fully saturated rings. The van der Waals surface area contributed by atoms with Gasteiger partial charge in [0.2, 0.25) is 5.91 Å². The van der Waals surface area contributed by atoms with Crippen molar-refractivity contribution in [3.05, 3.63) is 35.6 Å². The molecule has 0 spiro atoms. The Bertz CT molecular complexity index is 442. The van der Waals surface area contributed by atoms with Crippen molar-refractivity contribution in [2.75, 3.05) is 13.2 Å². The number of rotatable bonds is 5. The Morgan fingerprint density at radius 2 is 2.00 bits per heavy atom. The summed E-state index contributed by atoms with van der Waals surface area (Å²) in [4.78, 5) is 12.4. The van der Waals surface area contributed by atoms with Crippen LogP contribution in [-0.2, 0) is 10.2 Å². The van der Waals surface area contributed by atoms with Crippen molar-refractivity contribution in [1.29, 1.82) is 0 Å². The van der Waals surface area contributed by atoms with Crippen molar-refractivity contribution in [3.63, 3.8) is 0 Å². The predicted molar refractivity (Wildman–Crippen MR) is 71.3 cm³/mol. The number of aliphatic hydroxyl groups excluding tert-OH is 1. The van der Waals surface area contributed by atoms with Crippen LogP contribution in [0.15, 0.2) is 24.3 Å². The Labute approximate surface area is 112 Å². The fourth-order valence-electron chi connectivity index (χ4n) is 2.90. The minimum atomic E-state index is -0.721. The molecular formula is C15H20FNO2. The zero-order valence-corrected chi connectivity index (χ0v) is 11.0. The van der Waals surface area contributed by atoms with Gasteiger partial charge in [0.1, 0.15) is 5.82 Å². The van der Waals surface area contributed by atoms with Crippen LogP contribution in [0, 0.1) is 5.82 Å². The van der Waals surface area contributed by atoms with E-state index in [4.69, 9.17) is 5.11 Å². The zero-order valence-electron chi connectivity index (χ0n) is 11.0. The summed E-state index contributed by atoms with van der Waals surface area (Å²) in [6.07, 6.45) is 3.81. The molecule has 2 rings (SSSR count). The molecule has 0 unspecified atom stereocenters. The maximum atomic E-state index is 14.0. The van der Waals surface area contributed by atoms with Gasteiger partial charge in [0.15, 0.2) is 0 Å². The predicted octanol–water partition coefficient (Wildman–Crippen LogP) is 2.14. The Morgan fingerprint density at radius 3 is 2.63 bits per heavy atom. The highest BCUT2D eigenvalue weighted by Crippen LogP contribution is 2.42. The third kappa shape index (κ3) is 2.78.